The molecule has 0 bridgehead atoms. The minimum Gasteiger partial charge on any atom is -0.494 e. The molecule has 1 N–H and O–H groups in total. The number of hydrogen-bond acceptors (Lipinski definition) is 5. The number of halogens is 1. The van der Waals surface area contributed by atoms with Crippen LogP contribution in [0.5, 0.6) is 5.75 Å². The van der Waals surface area contributed by atoms with Crippen LogP contribution in [0.25, 0.3) is 10.8 Å². The molecule has 1 fully saturated rings. The lowest BCUT2D eigenvalue weighted by molar-refractivity contribution is 0.201. The zero-order valence-corrected chi connectivity index (χ0v) is 19.4. The number of nitrogens with zero attached hydrogens (tertiary/aromatic N) is 2. The third-order valence-electron chi connectivity index (χ3n) is 6.04. The number of unbranched alkanes of at least 4 members (excludes halogenated alkanes) is 2. The average Bonchev–Trinajstić information content (AvgIpc) is 2.83. The Morgan fingerprint density at radius 1 is 1.03 bits per heavy atom. The van der Waals surface area contributed by atoms with Crippen LogP contribution in [0.1, 0.15) is 32.1 Å². The third kappa shape index (κ3) is 6.50. The molecule has 0 unspecified atom stereocenters. The summed E-state index contributed by atoms with van der Waals surface area (Å²) in [6.07, 6.45) is 8.00. The van der Waals surface area contributed by atoms with E-state index in [0.717, 1.165) is 57.1 Å². The molecule has 0 amide bonds. The van der Waals surface area contributed by atoms with Crippen molar-refractivity contribution in [3.8, 4) is 5.75 Å². The molecular weight excluding hydrogens is 441 g/mol. The van der Waals surface area contributed by atoms with E-state index >= 15 is 0 Å². The van der Waals surface area contributed by atoms with Gasteiger partial charge in [0, 0.05) is 29.2 Å². The molecule has 0 spiro atoms. The van der Waals surface area contributed by atoms with Crippen LogP contribution < -0.4 is 9.46 Å². The number of ether oxygens (including phenoxy) is 1. The molecule has 2 heterocycles. The van der Waals surface area contributed by atoms with Gasteiger partial charge in [0.1, 0.15) is 11.6 Å². The minimum atomic E-state index is -3.59. The highest BCUT2D eigenvalue weighted by molar-refractivity contribution is 7.89. The predicted molar refractivity (Wildman–Crippen MR) is 127 cm³/mol. The molecule has 3 aromatic rings. The molecule has 0 radical (unpaired) electrons. The Kier molecular flexibility index (Phi) is 7.90. The summed E-state index contributed by atoms with van der Waals surface area (Å²) in [5, 5.41) is 1.51. The van der Waals surface area contributed by atoms with Gasteiger partial charge in [0.25, 0.3) is 0 Å². The molecule has 1 aliphatic heterocycles. The first kappa shape index (κ1) is 23.6. The Balaban J connectivity index is 1.16. The molecule has 33 heavy (non-hydrogen) atoms. The van der Waals surface area contributed by atoms with Gasteiger partial charge in [-0.3, -0.25) is 4.98 Å². The number of rotatable bonds is 10. The summed E-state index contributed by atoms with van der Waals surface area (Å²) in [5.74, 6) is 0.436. The van der Waals surface area contributed by atoms with Gasteiger partial charge in [0.2, 0.25) is 10.0 Å². The van der Waals surface area contributed by atoms with Gasteiger partial charge in [-0.1, -0.05) is 12.1 Å². The quantitative estimate of drug-likeness (QED) is 0.445. The van der Waals surface area contributed by atoms with E-state index < -0.39 is 10.0 Å². The summed E-state index contributed by atoms with van der Waals surface area (Å²) < 4.78 is 47.5. The number of likely N-dealkylation sites (tertiary alicyclic amines) is 1. The van der Waals surface area contributed by atoms with E-state index in [-0.39, 0.29) is 11.9 Å². The molecule has 176 valence electrons. The average molecular weight is 472 g/mol. The fraction of sp³-hybridized carbons (Fsp3) is 0.400. The summed E-state index contributed by atoms with van der Waals surface area (Å²) in [4.78, 5) is 6.79. The van der Waals surface area contributed by atoms with Crippen LogP contribution in [0.3, 0.4) is 0 Å². The smallest absolute Gasteiger partial charge is 0.241 e. The van der Waals surface area contributed by atoms with E-state index in [2.05, 4.69) is 14.6 Å². The number of pyridine rings is 1. The summed E-state index contributed by atoms with van der Waals surface area (Å²) >= 11 is 0. The largest absolute Gasteiger partial charge is 0.494 e. The maximum Gasteiger partial charge on any atom is 0.241 e. The lowest BCUT2D eigenvalue weighted by atomic mass is 10.1. The van der Waals surface area contributed by atoms with Crippen molar-refractivity contribution in [2.45, 2.75) is 43.0 Å². The van der Waals surface area contributed by atoms with E-state index in [9.17, 15) is 12.8 Å². The van der Waals surface area contributed by atoms with Gasteiger partial charge in [-0.25, -0.2) is 17.5 Å². The van der Waals surface area contributed by atoms with Crippen molar-refractivity contribution in [3.05, 3.63) is 66.7 Å². The zero-order valence-electron chi connectivity index (χ0n) is 18.6. The first-order valence-electron chi connectivity index (χ1n) is 11.5. The summed E-state index contributed by atoms with van der Waals surface area (Å²) in [5.41, 5.74) is 0. The van der Waals surface area contributed by atoms with E-state index in [1.165, 1.54) is 12.1 Å². The second-order valence-electron chi connectivity index (χ2n) is 8.45. The van der Waals surface area contributed by atoms with Crippen molar-refractivity contribution < 1.29 is 17.5 Å². The van der Waals surface area contributed by atoms with Gasteiger partial charge in [0.05, 0.1) is 11.5 Å². The number of hydrogen-bond donors (Lipinski definition) is 1. The molecule has 6 nitrogen and oxygen atoms in total. The maximum atomic E-state index is 13.0. The zero-order chi connectivity index (χ0) is 23.1. The van der Waals surface area contributed by atoms with Crippen LogP contribution in [0.2, 0.25) is 0 Å². The molecule has 0 atom stereocenters. The highest BCUT2D eigenvalue weighted by Gasteiger charge is 2.25. The van der Waals surface area contributed by atoms with Crippen molar-refractivity contribution in [2.75, 3.05) is 26.2 Å². The van der Waals surface area contributed by atoms with Gasteiger partial charge in [-0.05, 0) is 88.1 Å². The van der Waals surface area contributed by atoms with E-state index in [1.54, 1.807) is 42.7 Å². The van der Waals surface area contributed by atoms with Crippen molar-refractivity contribution >= 4 is 20.8 Å². The number of nitrogens with one attached hydrogen (secondary N) is 1. The molecule has 0 saturated carbocycles. The fourth-order valence-electron chi connectivity index (χ4n) is 4.22. The van der Waals surface area contributed by atoms with Gasteiger partial charge in [-0.15, -0.1) is 0 Å². The second-order valence-corrected chi connectivity index (χ2v) is 10.1. The first-order valence-corrected chi connectivity index (χ1v) is 13.0. The molecule has 1 aliphatic rings. The SMILES string of the molecule is O=S(=O)(NC1CCN(CCCCCOc2ccc(F)cc2)CC1)c1cccc2cnccc12. The topological polar surface area (TPSA) is 71.5 Å². The molecule has 2 aromatic carbocycles. The van der Waals surface area contributed by atoms with E-state index in [4.69, 9.17) is 4.74 Å². The van der Waals surface area contributed by atoms with Crippen molar-refractivity contribution in [1.82, 2.24) is 14.6 Å². The van der Waals surface area contributed by atoms with Crippen LogP contribution in [0.15, 0.2) is 65.8 Å². The number of benzene rings is 2. The van der Waals surface area contributed by atoms with E-state index in [1.807, 2.05) is 6.07 Å². The molecule has 8 heteroatoms. The predicted octanol–water partition coefficient (Wildman–Crippen LogP) is 4.37. The second kappa shape index (κ2) is 11.0. The van der Waals surface area contributed by atoms with Crippen LogP contribution >= 0.6 is 0 Å². The van der Waals surface area contributed by atoms with E-state index in [0.29, 0.717) is 22.6 Å². The number of aromatic nitrogens is 1. The molecule has 0 aliphatic carbocycles. The van der Waals surface area contributed by atoms with Crippen molar-refractivity contribution in [2.24, 2.45) is 0 Å². The van der Waals surface area contributed by atoms with Gasteiger partial charge < -0.3 is 9.64 Å². The van der Waals surface area contributed by atoms with Crippen LogP contribution in [-0.4, -0.2) is 50.6 Å². The fourth-order valence-corrected chi connectivity index (χ4v) is 5.75. The van der Waals surface area contributed by atoms with Crippen LogP contribution in [0, 0.1) is 5.82 Å². The number of piperidine rings is 1. The normalized spacial score (nSPS) is 15.7. The minimum absolute atomic E-state index is 0.0487. The summed E-state index contributed by atoms with van der Waals surface area (Å²) in [6, 6.07) is 13.1. The standard InChI is InChI=1S/C25H30FN3O3S/c26-21-7-9-23(10-8-21)32-18-3-1-2-15-29-16-12-22(13-17-29)28-33(30,31)25-6-4-5-20-19-27-14-11-24(20)25/h4-11,14,19,22,28H,1-3,12-13,15-18H2. The van der Waals surface area contributed by atoms with Crippen molar-refractivity contribution in [1.29, 1.82) is 0 Å². The molecule has 1 saturated heterocycles. The van der Waals surface area contributed by atoms with Gasteiger partial charge >= 0.3 is 0 Å². The molecule has 4 rings (SSSR count). The lowest BCUT2D eigenvalue weighted by Crippen LogP contribution is -2.44. The molecule has 1 aromatic heterocycles. The third-order valence-corrected chi connectivity index (χ3v) is 7.62. The Bertz CT molecular complexity index is 1140. The Hall–Kier alpha value is -2.55. The maximum absolute atomic E-state index is 13.0. The number of sulfonamides is 1. The highest BCUT2D eigenvalue weighted by atomic mass is 32.2. The highest BCUT2D eigenvalue weighted by Crippen LogP contribution is 2.23. The Morgan fingerprint density at radius 2 is 1.82 bits per heavy atom. The first-order chi connectivity index (χ1) is 16.0. The van der Waals surface area contributed by atoms with Crippen LogP contribution in [0.4, 0.5) is 4.39 Å². The summed E-state index contributed by atoms with van der Waals surface area (Å²) in [6.45, 7) is 3.41. The summed E-state index contributed by atoms with van der Waals surface area (Å²) in [7, 11) is -3.59. The Morgan fingerprint density at radius 3 is 2.61 bits per heavy atom. The van der Waals surface area contributed by atoms with Gasteiger partial charge in [0.15, 0.2) is 0 Å². The molecular formula is C25H30FN3O3S. The van der Waals surface area contributed by atoms with Crippen LogP contribution in [-0.2, 0) is 10.0 Å². The lowest BCUT2D eigenvalue weighted by Gasteiger charge is -2.32. The van der Waals surface area contributed by atoms with Gasteiger partial charge in [-0.2, -0.15) is 0 Å². The Labute approximate surface area is 194 Å². The van der Waals surface area contributed by atoms with Crippen molar-refractivity contribution in [3.63, 3.8) is 0 Å². The number of fused-ring (bicyclic) bond motifs is 1. The monoisotopic (exact) mass is 471 g/mol.